The lowest BCUT2D eigenvalue weighted by molar-refractivity contribution is 1.32. The smallest absolute Gasteiger partial charge is 0.0245 e. The maximum absolute atomic E-state index is 3.33. The summed E-state index contributed by atoms with van der Waals surface area (Å²) in [6.45, 7) is 2.08. The summed E-state index contributed by atoms with van der Waals surface area (Å²) in [5, 5.41) is 0.950. The third-order valence-corrected chi connectivity index (χ3v) is 1.90. The molecule has 1 aromatic rings. The molecule has 0 spiro atoms. The van der Waals surface area contributed by atoms with E-state index in [2.05, 4.69) is 59.0 Å². The van der Waals surface area contributed by atoms with Gasteiger partial charge in [-0.15, -0.1) is 0 Å². The van der Waals surface area contributed by atoms with E-state index in [9.17, 15) is 0 Å². The second-order valence-electron chi connectivity index (χ2n) is 2.61. The molecule has 0 heterocycles. The molecule has 12 heavy (non-hydrogen) atoms. The zero-order chi connectivity index (χ0) is 8.81. The summed E-state index contributed by atoms with van der Waals surface area (Å²) in [6.07, 6.45) is 0.911. The molecule has 0 nitrogen and oxygen atoms in total. The van der Waals surface area contributed by atoms with E-state index in [1.54, 1.807) is 0 Å². The number of hydrogen-bond donors (Lipinski definition) is 0. The topological polar surface area (TPSA) is 0 Å². The van der Waals surface area contributed by atoms with Crippen molar-refractivity contribution in [1.29, 1.82) is 0 Å². The highest BCUT2D eigenvalue weighted by Gasteiger charge is 1.84. The molecule has 1 rings (SSSR count). The highest BCUT2D eigenvalue weighted by molar-refractivity contribution is 9.09. The lowest BCUT2D eigenvalue weighted by Crippen LogP contribution is -1.75. The standard InChI is InChI=1S/C11H11Br/c1-10-5-7-11(8-6-10)4-2-3-9-12/h5-8H,3,9H2,1H3. The van der Waals surface area contributed by atoms with Gasteiger partial charge in [0.15, 0.2) is 0 Å². The van der Waals surface area contributed by atoms with Crippen molar-refractivity contribution in [3.05, 3.63) is 35.4 Å². The summed E-state index contributed by atoms with van der Waals surface area (Å²) in [6, 6.07) is 8.27. The molecule has 0 saturated heterocycles. The zero-order valence-corrected chi connectivity index (χ0v) is 8.69. The van der Waals surface area contributed by atoms with Crippen molar-refractivity contribution in [1.82, 2.24) is 0 Å². The van der Waals surface area contributed by atoms with Crippen molar-refractivity contribution in [2.24, 2.45) is 0 Å². The van der Waals surface area contributed by atoms with Gasteiger partial charge in [-0.05, 0) is 19.1 Å². The molecule has 0 radical (unpaired) electrons. The average Bonchev–Trinajstić information content (AvgIpc) is 2.09. The second-order valence-corrected chi connectivity index (χ2v) is 3.40. The summed E-state index contributed by atoms with van der Waals surface area (Å²) in [7, 11) is 0. The lowest BCUT2D eigenvalue weighted by Gasteiger charge is -1.90. The van der Waals surface area contributed by atoms with E-state index in [1.807, 2.05) is 0 Å². The van der Waals surface area contributed by atoms with Crippen molar-refractivity contribution in [2.45, 2.75) is 13.3 Å². The van der Waals surface area contributed by atoms with Crippen molar-refractivity contribution < 1.29 is 0 Å². The van der Waals surface area contributed by atoms with Gasteiger partial charge in [0.25, 0.3) is 0 Å². The molecular formula is C11H11Br. The minimum Gasteiger partial charge on any atom is -0.0970 e. The minimum absolute atomic E-state index is 0.911. The van der Waals surface area contributed by atoms with Crippen LogP contribution in [0, 0.1) is 18.8 Å². The predicted molar refractivity (Wildman–Crippen MR) is 56.5 cm³/mol. The molecule has 0 bridgehead atoms. The van der Waals surface area contributed by atoms with Crippen LogP contribution in [0.1, 0.15) is 17.5 Å². The summed E-state index contributed by atoms with van der Waals surface area (Å²) in [4.78, 5) is 0. The fourth-order valence-electron chi connectivity index (χ4n) is 0.849. The maximum Gasteiger partial charge on any atom is 0.0245 e. The first-order chi connectivity index (χ1) is 5.83. The summed E-state index contributed by atoms with van der Waals surface area (Å²) in [5.41, 5.74) is 2.38. The Morgan fingerprint density at radius 1 is 1.25 bits per heavy atom. The third-order valence-electron chi connectivity index (χ3n) is 1.50. The molecule has 1 heteroatoms. The Kier molecular flexibility index (Phi) is 3.90. The molecule has 0 aliphatic heterocycles. The zero-order valence-electron chi connectivity index (χ0n) is 7.10. The average molecular weight is 223 g/mol. The number of aryl methyl sites for hydroxylation is 1. The van der Waals surface area contributed by atoms with Gasteiger partial charge in [-0.1, -0.05) is 45.5 Å². The van der Waals surface area contributed by atoms with Crippen molar-refractivity contribution in [2.75, 3.05) is 5.33 Å². The van der Waals surface area contributed by atoms with Gasteiger partial charge < -0.3 is 0 Å². The largest absolute Gasteiger partial charge is 0.0970 e. The quantitative estimate of drug-likeness (QED) is 0.506. The Morgan fingerprint density at radius 2 is 1.92 bits per heavy atom. The fraction of sp³-hybridized carbons (Fsp3) is 0.273. The van der Waals surface area contributed by atoms with Crippen molar-refractivity contribution in [3.63, 3.8) is 0 Å². The van der Waals surface area contributed by atoms with Gasteiger partial charge >= 0.3 is 0 Å². The molecule has 0 fully saturated rings. The molecule has 0 aliphatic carbocycles. The summed E-state index contributed by atoms with van der Waals surface area (Å²) < 4.78 is 0. The molecular weight excluding hydrogens is 212 g/mol. The first-order valence-corrected chi connectivity index (χ1v) is 5.06. The first-order valence-electron chi connectivity index (χ1n) is 3.94. The van der Waals surface area contributed by atoms with Crippen molar-refractivity contribution >= 4 is 15.9 Å². The number of rotatable bonds is 1. The lowest BCUT2D eigenvalue weighted by atomic mass is 10.1. The van der Waals surface area contributed by atoms with E-state index in [0.29, 0.717) is 0 Å². The molecule has 62 valence electrons. The minimum atomic E-state index is 0.911. The molecule has 1 aromatic carbocycles. The molecule has 0 atom stereocenters. The van der Waals surface area contributed by atoms with Crippen LogP contribution in [0.2, 0.25) is 0 Å². The SMILES string of the molecule is Cc1ccc(C#CCCBr)cc1. The number of hydrogen-bond acceptors (Lipinski definition) is 0. The van der Waals surface area contributed by atoms with Gasteiger partial charge in [-0.2, -0.15) is 0 Å². The van der Waals surface area contributed by atoms with E-state index in [0.717, 1.165) is 17.3 Å². The Balaban J connectivity index is 2.66. The Labute approximate surface area is 82.1 Å². The third kappa shape index (κ3) is 3.11. The molecule has 0 N–H and O–H groups in total. The molecule has 0 saturated carbocycles. The normalized spacial score (nSPS) is 8.83. The van der Waals surface area contributed by atoms with Crippen LogP contribution in [0.3, 0.4) is 0 Å². The van der Waals surface area contributed by atoms with Crippen LogP contribution in [0.15, 0.2) is 24.3 Å². The van der Waals surface area contributed by atoms with Crippen LogP contribution in [0.25, 0.3) is 0 Å². The van der Waals surface area contributed by atoms with E-state index in [4.69, 9.17) is 0 Å². The fourth-order valence-corrected chi connectivity index (χ4v) is 1.05. The highest BCUT2D eigenvalue weighted by Crippen LogP contribution is 2.00. The predicted octanol–water partition coefficient (Wildman–Crippen LogP) is 3.13. The van der Waals surface area contributed by atoms with Gasteiger partial charge in [0.1, 0.15) is 0 Å². The van der Waals surface area contributed by atoms with E-state index >= 15 is 0 Å². The van der Waals surface area contributed by atoms with Crippen LogP contribution in [0.5, 0.6) is 0 Å². The Hall–Kier alpha value is -0.740. The monoisotopic (exact) mass is 222 g/mol. The number of benzene rings is 1. The number of alkyl halides is 1. The van der Waals surface area contributed by atoms with Crippen LogP contribution in [0.4, 0.5) is 0 Å². The molecule has 0 aliphatic rings. The molecule has 0 amide bonds. The van der Waals surface area contributed by atoms with Crippen LogP contribution < -0.4 is 0 Å². The molecule has 0 aromatic heterocycles. The maximum atomic E-state index is 3.33. The summed E-state index contributed by atoms with van der Waals surface area (Å²) in [5.74, 6) is 6.17. The van der Waals surface area contributed by atoms with Gasteiger partial charge in [-0.3, -0.25) is 0 Å². The van der Waals surface area contributed by atoms with Crippen molar-refractivity contribution in [3.8, 4) is 11.8 Å². The Morgan fingerprint density at radius 3 is 2.50 bits per heavy atom. The summed E-state index contributed by atoms with van der Waals surface area (Å²) >= 11 is 3.33. The second kappa shape index (κ2) is 5.00. The molecule has 0 unspecified atom stereocenters. The van der Waals surface area contributed by atoms with Crippen LogP contribution >= 0.6 is 15.9 Å². The Bertz CT molecular complexity index is 287. The van der Waals surface area contributed by atoms with E-state index < -0.39 is 0 Å². The van der Waals surface area contributed by atoms with Gasteiger partial charge in [0, 0.05) is 17.3 Å². The van der Waals surface area contributed by atoms with Crippen LogP contribution in [-0.4, -0.2) is 5.33 Å². The van der Waals surface area contributed by atoms with Gasteiger partial charge in [0.05, 0.1) is 0 Å². The number of halogens is 1. The first kappa shape index (κ1) is 9.35. The van der Waals surface area contributed by atoms with Gasteiger partial charge in [0.2, 0.25) is 0 Å². The van der Waals surface area contributed by atoms with E-state index in [-0.39, 0.29) is 0 Å². The van der Waals surface area contributed by atoms with Gasteiger partial charge in [-0.25, -0.2) is 0 Å². The highest BCUT2D eigenvalue weighted by atomic mass is 79.9. The van der Waals surface area contributed by atoms with E-state index in [1.165, 1.54) is 5.56 Å². The van der Waals surface area contributed by atoms with Crippen LogP contribution in [-0.2, 0) is 0 Å².